The number of carbonyl (C=O) groups is 1. The van der Waals surface area contributed by atoms with E-state index < -0.39 is 5.82 Å². The Bertz CT molecular complexity index is 433. The Morgan fingerprint density at radius 1 is 1.42 bits per heavy atom. The molecule has 0 saturated heterocycles. The van der Waals surface area contributed by atoms with E-state index in [1.165, 1.54) is 12.1 Å². The smallest absolute Gasteiger partial charge is 0.254 e. The highest BCUT2D eigenvalue weighted by Gasteiger charge is 2.22. The molecule has 0 unspecified atom stereocenters. The lowest BCUT2D eigenvalue weighted by Crippen LogP contribution is -2.41. The van der Waals surface area contributed by atoms with Gasteiger partial charge in [-0.2, -0.15) is 0 Å². The summed E-state index contributed by atoms with van der Waals surface area (Å²) >= 11 is 0. The Morgan fingerprint density at radius 3 is 2.53 bits per heavy atom. The van der Waals surface area contributed by atoms with Crippen LogP contribution in [-0.4, -0.2) is 35.1 Å². The van der Waals surface area contributed by atoms with Crippen molar-refractivity contribution in [2.45, 2.75) is 32.7 Å². The van der Waals surface area contributed by atoms with Gasteiger partial charge in [0.1, 0.15) is 5.82 Å². The number of hydrogen-bond donors (Lipinski definition) is 2. The first-order valence-electron chi connectivity index (χ1n) is 6.51. The summed E-state index contributed by atoms with van der Waals surface area (Å²) < 4.78 is 13.4. The molecule has 5 heteroatoms. The van der Waals surface area contributed by atoms with Gasteiger partial charge in [0.15, 0.2) is 0 Å². The summed E-state index contributed by atoms with van der Waals surface area (Å²) in [5, 5.41) is 9.08. The van der Waals surface area contributed by atoms with Gasteiger partial charge in [0.05, 0.1) is 12.3 Å². The Balaban J connectivity index is 3.01. The van der Waals surface area contributed by atoms with Crippen LogP contribution in [0.25, 0.3) is 0 Å². The van der Waals surface area contributed by atoms with Gasteiger partial charge in [0.25, 0.3) is 5.91 Å². The summed E-state index contributed by atoms with van der Waals surface area (Å²) in [5.74, 6) is -0.874. The lowest BCUT2D eigenvalue weighted by atomic mass is 10.1. The maximum absolute atomic E-state index is 13.4. The van der Waals surface area contributed by atoms with Crippen LogP contribution in [-0.2, 0) is 0 Å². The average molecular weight is 268 g/mol. The fourth-order valence-corrected chi connectivity index (χ4v) is 2.11. The van der Waals surface area contributed by atoms with E-state index in [0.717, 1.165) is 18.9 Å². The number of benzene rings is 1. The molecule has 0 spiro atoms. The Morgan fingerprint density at radius 2 is 2.05 bits per heavy atom. The fourth-order valence-electron chi connectivity index (χ4n) is 2.11. The standard InChI is InChI=1S/C14H21FN2O2/c1-3-11(4-2)17(7-8-18)14(19)10-5-6-13(16)12(15)9-10/h5-6,9,11,18H,3-4,7-8,16H2,1-2H3. The number of rotatable bonds is 6. The first kappa shape index (κ1) is 15.4. The third-order valence-electron chi connectivity index (χ3n) is 3.23. The monoisotopic (exact) mass is 268 g/mol. The van der Waals surface area contributed by atoms with E-state index in [2.05, 4.69) is 0 Å². The van der Waals surface area contributed by atoms with Crippen molar-refractivity contribution in [3.05, 3.63) is 29.6 Å². The molecule has 0 radical (unpaired) electrons. The van der Waals surface area contributed by atoms with Gasteiger partial charge in [-0.25, -0.2) is 4.39 Å². The van der Waals surface area contributed by atoms with Crippen LogP contribution in [0.4, 0.5) is 10.1 Å². The lowest BCUT2D eigenvalue weighted by molar-refractivity contribution is 0.0622. The number of anilines is 1. The van der Waals surface area contributed by atoms with Gasteiger partial charge < -0.3 is 15.7 Å². The minimum absolute atomic E-state index is 0.0211. The van der Waals surface area contributed by atoms with Crippen molar-refractivity contribution in [3.63, 3.8) is 0 Å². The summed E-state index contributed by atoms with van der Waals surface area (Å²) in [6.07, 6.45) is 1.58. The molecule has 4 nitrogen and oxygen atoms in total. The Kier molecular flexibility index (Phi) is 5.76. The summed E-state index contributed by atoms with van der Waals surface area (Å²) in [6.45, 7) is 4.10. The van der Waals surface area contributed by atoms with Gasteiger partial charge in [0, 0.05) is 18.2 Å². The second kappa shape index (κ2) is 7.09. The van der Waals surface area contributed by atoms with Crippen LogP contribution in [0, 0.1) is 5.82 Å². The average Bonchev–Trinajstić information content (AvgIpc) is 2.41. The molecule has 3 N–H and O–H groups in total. The predicted octanol–water partition coefficient (Wildman–Crippen LogP) is 2.03. The molecule has 1 aromatic carbocycles. The molecule has 0 aliphatic rings. The number of aliphatic hydroxyl groups excluding tert-OH is 1. The van der Waals surface area contributed by atoms with Gasteiger partial charge in [0.2, 0.25) is 0 Å². The van der Waals surface area contributed by atoms with Crippen molar-refractivity contribution < 1.29 is 14.3 Å². The van der Waals surface area contributed by atoms with Gasteiger partial charge in [-0.1, -0.05) is 13.8 Å². The molecule has 1 amide bonds. The van der Waals surface area contributed by atoms with Crippen LogP contribution in [0.15, 0.2) is 18.2 Å². The Hall–Kier alpha value is -1.62. The van der Waals surface area contributed by atoms with Crippen LogP contribution in [0.1, 0.15) is 37.0 Å². The lowest BCUT2D eigenvalue weighted by Gasteiger charge is -2.30. The van der Waals surface area contributed by atoms with Crippen molar-refractivity contribution >= 4 is 11.6 Å². The SMILES string of the molecule is CCC(CC)N(CCO)C(=O)c1ccc(N)c(F)c1. The minimum atomic E-state index is -0.598. The van der Waals surface area contributed by atoms with Crippen LogP contribution in [0.2, 0.25) is 0 Å². The molecule has 0 saturated carbocycles. The summed E-state index contributed by atoms with van der Waals surface area (Å²) in [4.78, 5) is 14.0. The first-order valence-corrected chi connectivity index (χ1v) is 6.51. The highest BCUT2D eigenvalue weighted by atomic mass is 19.1. The normalized spacial score (nSPS) is 10.8. The second-order valence-electron chi connectivity index (χ2n) is 4.43. The van der Waals surface area contributed by atoms with Crippen LogP contribution in [0.5, 0.6) is 0 Å². The molecule has 1 aromatic rings. The molecule has 0 atom stereocenters. The molecule has 106 valence electrons. The van der Waals surface area contributed by atoms with Crippen LogP contribution < -0.4 is 5.73 Å². The molecular weight excluding hydrogens is 247 g/mol. The Labute approximate surface area is 113 Å². The predicted molar refractivity (Wildman–Crippen MR) is 73.3 cm³/mol. The van der Waals surface area contributed by atoms with E-state index in [4.69, 9.17) is 10.8 Å². The molecule has 0 aromatic heterocycles. The van der Waals surface area contributed by atoms with Crippen molar-refractivity contribution in [2.24, 2.45) is 0 Å². The highest BCUT2D eigenvalue weighted by Crippen LogP contribution is 2.17. The molecule has 0 aliphatic carbocycles. The zero-order chi connectivity index (χ0) is 14.4. The molecular formula is C14H21FN2O2. The van der Waals surface area contributed by atoms with Gasteiger partial charge >= 0.3 is 0 Å². The van der Waals surface area contributed by atoms with E-state index in [1.807, 2.05) is 13.8 Å². The fraction of sp³-hybridized carbons (Fsp3) is 0.500. The van der Waals surface area contributed by atoms with E-state index in [0.29, 0.717) is 0 Å². The number of nitrogens with zero attached hydrogens (tertiary/aromatic N) is 1. The highest BCUT2D eigenvalue weighted by molar-refractivity contribution is 5.94. The number of aliphatic hydroxyl groups is 1. The van der Waals surface area contributed by atoms with E-state index in [-0.39, 0.29) is 36.4 Å². The van der Waals surface area contributed by atoms with E-state index in [9.17, 15) is 9.18 Å². The van der Waals surface area contributed by atoms with E-state index in [1.54, 1.807) is 4.90 Å². The minimum Gasteiger partial charge on any atom is -0.396 e. The van der Waals surface area contributed by atoms with E-state index >= 15 is 0 Å². The van der Waals surface area contributed by atoms with Crippen molar-refractivity contribution in [2.75, 3.05) is 18.9 Å². The zero-order valence-corrected chi connectivity index (χ0v) is 11.4. The number of carbonyl (C=O) groups excluding carboxylic acids is 1. The number of halogens is 1. The number of amides is 1. The molecule has 0 aliphatic heterocycles. The van der Waals surface area contributed by atoms with Gasteiger partial charge in [-0.15, -0.1) is 0 Å². The third kappa shape index (κ3) is 3.67. The quantitative estimate of drug-likeness (QED) is 0.776. The molecule has 1 rings (SSSR count). The maximum Gasteiger partial charge on any atom is 0.254 e. The van der Waals surface area contributed by atoms with Crippen molar-refractivity contribution in [3.8, 4) is 0 Å². The second-order valence-corrected chi connectivity index (χ2v) is 4.43. The number of hydrogen-bond acceptors (Lipinski definition) is 3. The largest absolute Gasteiger partial charge is 0.396 e. The number of nitrogens with two attached hydrogens (primary N) is 1. The van der Waals surface area contributed by atoms with Crippen LogP contribution >= 0.6 is 0 Å². The number of nitrogen functional groups attached to an aromatic ring is 1. The summed E-state index contributed by atoms with van der Waals surface area (Å²) in [6, 6.07) is 4.07. The first-order chi connectivity index (χ1) is 9.04. The summed E-state index contributed by atoms with van der Waals surface area (Å²) in [5.41, 5.74) is 5.67. The van der Waals surface area contributed by atoms with Crippen molar-refractivity contribution in [1.29, 1.82) is 0 Å². The zero-order valence-electron chi connectivity index (χ0n) is 11.4. The topological polar surface area (TPSA) is 66.6 Å². The third-order valence-corrected chi connectivity index (χ3v) is 3.23. The van der Waals surface area contributed by atoms with Crippen LogP contribution in [0.3, 0.4) is 0 Å². The molecule has 19 heavy (non-hydrogen) atoms. The maximum atomic E-state index is 13.4. The summed E-state index contributed by atoms with van der Waals surface area (Å²) in [7, 11) is 0. The van der Waals surface area contributed by atoms with Crippen molar-refractivity contribution in [1.82, 2.24) is 4.90 Å². The molecule has 0 bridgehead atoms. The molecule has 0 heterocycles. The van der Waals surface area contributed by atoms with Gasteiger partial charge in [-0.3, -0.25) is 4.79 Å². The molecule has 0 fully saturated rings. The van der Waals surface area contributed by atoms with Gasteiger partial charge in [-0.05, 0) is 31.0 Å².